The zero-order valence-corrected chi connectivity index (χ0v) is 10.4. The van der Waals surface area contributed by atoms with Crippen LogP contribution in [0.2, 0.25) is 0 Å². The summed E-state index contributed by atoms with van der Waals surface area (Å²) in [5, 5.41) is 0.166. The third-order valence-electron chi connectivity index (χ3n) is 2.93. The smallest absolute Gasteiger partial charge is 0.239 e. The van der Waals surface area contributed by atoms with Crippen molar-refractivity contribution in [2.75, 3.05) is 17.7 Å². The molecule has 1 aromatic carbocycles. The first-order valence-corrected chi connectivity index (χ1v) is 6.78. The molecule has 1 aromatic rings. The molecular formula is C13H17NOS. The molecule has 2 rings (SSSR count). The first-order valence-electron chi connectivity index (χ1n) is 5.73. The highest BCUT2D eigenvalue weighted by molar-refractivity contribution is 8.00. The Bertz CT molecular complexity index is 346. The summed E-state index contributed by atoms with van der Waals surface area (Å²) < 4.78 is 0. The van der Waals surface area contributed by atoms with Crippen molar-refractivity contribution in [1.29, 1.82) is 0 Å². The minimum atomic E-state index is 0.166. The lowest BCUT2D eigenvalue weighted by Gasteiger charge is -2.26. The van der Waals surface area contributed by atoms with Crippen molar-refractivity contribution >= 4 is 23.4 Å². The monoisotopic (exact) mass is 235 g/mol. The molecule has 16 heavy (non-hydrogen) atoms. The standard InChI is InChI=1S/C13H17NOS/c1-14(11-7-3-2-4-8-11)13(15)12-9-5-6-10-16-12/h2-4,7-8,12H,5-6,9-10H2,1H3. The summed E-state index contributed by atoms with van der Waals surface area (Å²) in [7, 11) is 1.87. The lowest BCUT2D eigenvalue weighted by Crippen LogP contribution is -2.35. The number of anilines is 1. The SMILES string of the molecule is CN(C(=O)C1CCCCS1)c1ccccc1. The van der Waals surface area contributed by atoms with Crippen molar-refractivity contribution < 1.29 is 4.79 Å². The molecule has 1 fully saturated rings. The van der Waals surface area contributed by atoms with Crippen LogP contribution in [0.3, 0.4) is 0 Å². The van der Waals surface area contributed by atoms with Crippen molar-refractivity contribution in [3.63, 3.8) is 0 Å². The lowest BCUT2D eigenvalue weighted by molar-refractivity contribution is -0.118. The van der Waals surface area contributed by atoms with Gasteiger partial charge in [0, 0.05) is 12.7 Å². The van der Waals surface area contributed by atoms with Crippen LogP contribution in [-0.2, 0) is 4.79 Å². The highest BCUT2D eigenvalue weighted by Crippen LogP contribution is 2.27. The molecule has 0 saturated carbocycles. The Hall–Kier alpha value is -0.960. The summed E-state index contributed by atoms with van der Waals surface area (Å²) in [6.45, 7) is 0. The van der Waals surface area contributed by atoms with Gasteiger partial charge in [0.1, 0.15) is 0 Å². The molecule has 1 aliphatic rings. The highest BCUT2D eigenvalue weighted by Gasteiger charge is 2.25. The molecule has 0 aromatic heterocycles. The predicted molar refractivity (Wildman–Crippen MR) is 69.9 cm³/mol. The van der Waals surface area contributed by atoms with Gasteiger partial charge in [-0.15, -0.1) is 11.8 Å². The van der Waals surface area contributed by atoms with Crippen molar-refractivity contribution in [1.82, 2.24) is 0 Å². The third-order valence-corrected chi connectivity index (χ3v) is 4.29. The van der Waals surface area contributed by atoms with Crippen LogP contribution in [0.15, 0.2) is 30.3 Å². The molecule has 1 aliphatic heterocycles. The number of para-hydroxylation sites is 1. The van der Waals surface area contributed by atoms with Crippen LogP contribution in [0.5, 0.6) is 0 Å². The molecule has 1 heterocycles. The Morgan fingerprint density at radius 2 is 2.06 bits per heavy atom. The molecule has 86 valence electrons. The van der Waals surface area contributed by atoms with Gasteiger partial charge in [-0.1, -0.05) is 24.6 Å². The van der Waals surface area contributed by atoms with Crippen LogP contribution in [0.4, 0.5) is 5.69 Å². The maximum atomic E-state index is 12.2. The Morgan fingerprint density at radius 3 is 2.69 bits per heavy atom. The molecule has 1 saturated heterocycles. The molecule has 0 radical (unpaired) electrons. The van der Waals surface area contributed by atoms with Crippen LogP contribution in [0.25, 0.3) is 0 Å². The van der Waals surface area contributed by atoms with Gasteiger partial charge in [-0.3, -0.25) is 4.79 Å². The average molecular weight is 235 g/mol. The van der Waals surface area contributed by atoms with Crippen LogP contribution < -0.4 is 4.90 Å². The van der Waals surface area contributed by atoms with Crippen LogP contribution in [-0.4, -0.2) is 24.0 Å². The van der Waals surface area contributed by atoms with Crippen molar-refractivity contribution in [2.24, 2.45) is 0 Å². The summed E-state index contributed by atoms with van der Waals surface area (Å²) in [4.78, 5) is 14.0. The number of hydrogen-bond acceptors (Lipinski definition) is 2. The minimum absolute atomic E-state index is 0.166. The second-order valence-electron chi connectivity index (χ2n) is 4.09. The summed E-state index contributed by atoms with van der Waals surface area (Å²) in [6, 6.07) is 9.86. The molecule has 1 amide bonds. The number of carbonyl (C=O) groups excluding carboxylic acids is 1. The second kappa shape index (κ2) is 5.39. The van der Waals surface area contributed by atoms with Gasteiger partial charge in [-0.2, -0.15) is 0 Å². The lowest BCUT2D eigenvalue weighted by atomic mass is 10.1. The van der Waals surface area contributed by atoms with Gasteiger partial charge in [-0.25, -0.2) is 0 Å². The van der Waals surface area contributed by atoms with Gasteiger partial charge < -0.3 is 4.90 Å². The number of thioether (sulfide) groups is 1. The Balaban J connectivity index is 2.04. The van der Waals surface area contributed by atoms with E-state index in [1.807, 2.05) is 37.4 Å². The number of amides is 1. The van der Waals surface area contributed by atoms with Crippen molar-refractivity contribution in [2.45, 2.75) is 24.5 Å². The van der Waals surface area contributed by atoms with Crippen molar-refractivity contribution in [3.8, 4) is 0 Å². The molecule has 2 nitrogen and oxygen atoms in total. The Labute approximate surface area is 101 Å². The second-order valence-corrected chi connectivity index (χ2v) is 5.40. The molecular weight excluding hydrogens is 218 g/mol. The van der Waals surface area contributed by atoms with E-state index in [0.717, 1.165) is 17.9 Å². The van der Waals surface area contributed by atoms with Gasteiger partial charge in [0.05, 0.1) is 5.25 Å². The fourth-order valence-electron chi connectivity index (χ4n) is 1.93. The Kier molecular flexibility index (Phi) is 3.88. The summed E-state index contributed by atoms with van der Waals surface area (Å²) in [6.07, 6.45) is 3.47. The number of benzene rings is 1. The first kappa shape index (κ1) is 11.5. The van der Waals surface area contributed by atoms with E-state index in [1.54, 1.807) is 16.7 Å². The first-order chi connectivity index (χ1) is 7.79. The highest BCUT2D eigenvalue weighted by atomic mass is 32.2. The number of carbonyl (C=O) groups is 1. The summed E-state index contributed by atoms with van der Waals surface area (Å²) >= 11 is 1.80. The van der Waals surface area contributed by atoms with E-state index in [-0.39, 0.29) is 11.2 Å². The zero-order chi connectivity index (χ0) is 11.4. The van der Waals surface area contributed by atoms with Gasteiger partial charge >= 0.3 is 0 Å². The maximum absolute atomic E-state index is 12.2. The molecule has 0 bridgehead atoms. The Morgan fingerprint density at radius 1 is 1.31 bits per heavy atom. The number of hydrogen-bond donors (Lipinski definition) is 0. The largest absolute Gasteiger partial charge is 0.315 e. The number of rotatable bonds is 2. The third kappa shape index (κ3) is 2.59. The topological polar surface area (TPSA) is 20.3 Å². The van der Waals surface area contributed by atoms with Crippen LogP contribution >= 0.6 is 11.8 Å². The van der Waals surface area contributed by atoms with Crippen molar-refractivity contribution in [3.05, 3.63) is 30.3 Å². The van der Waals surface area contributed by atoms with E-state index in [1.165, 1.54) is 12.8 Å². The van der Waals surface area contributed by atoms with E-state index in [0.29, 0.717) is 0 Å². The fraction of sp³-hybridized carbons (Fsp3) is 0.462. The summed E-state index contributed by atoms with van der Waals surface area (Å²) in [5.74, 6) is 1.37. The fourth-order valence-corrected chi connectivity index (χ4v) is 3.22. The van der Waals surface area contributed by atoms with E-state index in [2.05, 4.69) is 0 Å². The molecule has 1 atom stereocenters. The zero-order valence-electron chi connectivity index (χ0n) is 9.56. The van der Waals surface area contributed by atoms with E-state index >= 15 is 0 Å². The molecule has 0 spiro atoms. The molecule has 0 aliphatic carbocycles. The predicted octanol–water partition coefficient (Wildman–Crippen LogP) is 2.94. The number of nitrogens with zero attached hydrogens (tertiary/aromatic N) is 1. The maximum Gasteiger partial charge on any atom is 0.239 e. The normalized spacial score (nSPS) is 20.4. The van der Waals surface area contributed by atoms with Crippen LogP contribution in [0, 0.1) is 0 Å². The molecule has 1 unspecified atom stereocenters. The van der Waals surface area contributed by atoms with Gasteiger partial charge in [-0.05, 0) is 30.7 Å². The molecule has 3 heteroatoms. The van der Waals surface area contributed by atoms with E-state index in [4.69, 9.17) is 0 Å². The average Bonchev–Trinajstić information content (AvgIpc) is 2.39. The van der Waals surface area contributed by atoms with E-state index in [9.17, 15) is 4.79 Å². The molecule has 0 N–H and O–H groups in total. The quantitative estimate of drug-likeness (QED) is 0.785. The minimum Gasteiger partial charge on any atom is -0.315 e. The summed E-state index contributed by atoms with van der Waals surface area (Å²) in [5.41, 5.74) is 0.985. The van der Waals surface area contributed by atoms with Gasteiger partial charge in [0.25, 0.3) is 0 Å². The van der Waals surface area contributed by atoms with Gasteiger partial charge in [0.15, 0.2) is 0 Å². The van der Waals surface area contributed by atoms with E-state index < -0.39 is 0 Å². The van der Waals surface area contributed by atoms with Gasteiger partial charge in [0.2, 0.25) is 5.91 Å². The van der Waals surface area contributed by atoms with Crippen LogP contribution in [0.1, 0.15) is 19.3 Å².